The van der Waals surface area contributed by atoms with Gasteiger partial charge in [-0.2, -0.15) is 5.10 Å². The first-order valence-electron chi connectivity index (χ1n) is 11.2. The first-order chi connectivity index (χ1) is 16.5. The fourth-order valence-corrected chi connectivity index (χ4v) is 4.08. The largest absolute Gasteiger partial charge is 0.481 e. The number of piperazine rings is 1. The van der Waals surface area contributed by atoms with Gasteiger partial charge < -0.3 is 20.3 Å². The summed E-state index contributed by atoms with van der Waals surface area (Å²) < 4.78 is 0. The number of carboxylic acids is 1. The van der Waals surface area contributed by atoms with Crippen LogP contribution in [0.1, 0.15) is 16.8 Å². The summed E-state index contributed by atoms with van der Waals surface area (Å²) in [5, 5.41) is 18.8. The van der Waals surface area contributed by atoms with E-state index in [0.29, 0.717) is 29.4 Å². The van der Waals surface area contributed by atoms with E-state index in [1.807, 2.05) is 36.4 Å². The highest BCUT2D eigenvalue weighted by Gasteiger charge is 2.18. The number of hydrogen-bond acceptors (Lipinski definition) is 6. The van der Waals surface area contributed by atoms with E-state index in [4.69, 9.17) is 5.11 Å². The highest BCUT2D eigenvalue weighted by Crippen LogP contribution is 2.22. The molecule has 35 heavy (non-hydrogen) atoms. The van der Waals surface area contributed by atoms with E-state index in [9.17, 15) is 9.59 Å². The van der Waals surface area contributed by atoms with Crippen molar-refractivity contribution in [3.63, 3.8) is 0 Å². The van der Waals surface area contributed by atoms with Crippen molar-refractivity contribution in [3.05, 3.63) is 60.2 Å². The average Bonchev–Trinajstić information content (AvgIpc) is 3.50. The SMILES string of the molecule is Cl.O=C(O)CCN1CCN(c2ccc(C(=O)Nc3cc(-c4nc5ccccc5[nH]4)[nH]n3)cc2)CC1. The lowest BCUT2D eigenvalue weighted by Gasteiger charge is -2.35. The smallest absolute Gasteiger partial charge is 0.304 e. The number of carbonyl (C=O) groups is 2. The standard InChI is InChI=1S/C24H25N7O3.ClH/c32-22(33)9-10-30-11-13-31(14-12-30)17-7-5-16(6-8-17)24(34)27-21-15-20(28-29-21)23-25-18-3-1-2-4-19(18)26-23;/h1-8,15H,9-14H2,(H,25,26)(H,32,33)(H2,27,28,29,34);1H. The zero-order valence-electron chi connectivity index (χ0n) is 18.9. The molecule has 2 aromatic heterocycles. The van der Waals surface area contributed by atoms with E-state index in [2.05, 4.69) is 35.3 Å². The van der Waals surface area contributed by atoms with E-state index in [1.54, 1.807) is 18.2 Å². The zero-order valence-corrected chi connectivity index (χ0v) is 19.7. The molecular weight excluding hydrogens is 470 g/mol. The van der Waals surface area contributed by atoms with Gasteiger partial charge in [0, 0.05) is 50.0 Å². The predicted molar refractivity (Wildman–Crippen MR) is 136 cm³/mol. The summed E-state index contributed by atoms with van der Waals surface area (Å²) in [5.74, 6) is 0.0632. The van der Waals surface area contributed by atoms with Crippen LogP contribution in [0.15, 0.2) is 54.6 Å². The Morgan fingerprint density at radius 1 is 1.03 bits per heavy atom. The number of imidazole rings is 1. The van der Waals surface area contributed by atoms with Gasteiger partial charge >= 0.3 is 5.97 Å². The van der Waals surface area contributed by atoms with Crippen molar-refractivity contribution in [3.8, 4) is 11.5 Å². The number of amides is 1. The number of para-hydroxylation sites is 2. The summed E-state index contributed by atoms with van der Waals surface area (Å²) in [6, 6.07) is 17.0. The molecule has 182 valence electrons. The minimum Gasteiger partial charge on any atom is -0.481 e. The van der Waals surface area contributed by atoms with Crippen LogP contribution in [0.2, 0.25) is 0 Å². The highest BCUT2D eigenvalue weighted by molar-refractivity contribution is 6.04. The molecule has 5 rings (SSSR count). The number of aliphatic carboxylic acids is 1. The van der Waals surface area contributed by atoms with Crippen molar-refractivity contribution in [1.29, 1.82) is 0 Å². The van der Waals surface area contributed by atoms with E-state index in [-0.39, 0.29) is 24.7 Å². The Bertz CT molecular complexity index is 1280. The maximum atomic E-state index is 12.7. The summed E-state index contributed by atoms with van der Waals surface area (Å²) in [4.78, 5) is 35.6. The van der Waals surface area contributed by atoms with Crippen LogP contribution >= 0.6 is 12.4 Å². The molecule has 4 aromatic rings. The monoisotopic (exact) mass is 495 g/mol. The minimum atomic E-state index is -0.767. The summed E-state index contributed by atoms with van der Waals surface area (Å²) in [6.45, 7) is 3.87. The van der Waals surface area contributed by atoms with Gasteiger partial charge in [-0.3, -0.25) is 19.6 Å². The van der Waals surface area contributed by atoms with Crippen molar-refractivity contribution < 1.29 is 14.7 Å². The highest BCUT2D eigenvalue weighted by atomic mass is 35.5. The van der Waals surface area contributed by atoms with Gasteiger partial charge in [-0.1, -0.05) is 12.1 Å². The molecule has 1 saturated heterocycles. The number of aromatic amines is 2. The molecule has 0 aliphatic carbocycles. The maximum absolute atomic E-state index is 12.7. The van der Waals surface area contributed by atoms with Crippen LogP contribution in [0.3, 0.4) is 0 Å². The second-order valence-corrected chi connectivity index (χ2v) is 8.24. The maximum Gasteiger partial charge on any atom is 0.304 e. The molecule has 10 nitrogen and oxygen atoms in total. The van der Waals surface area contributed by atoms with Gasteiger partial charge in [-0.15, -0.1) is 12.4 Å². The Balaban J connectivity index is 0.00000289. The van der Waals surface area contributed by atoms with Crippen LogP contribution in [0.5, 0.6) is 0 Å². The van der Waals surface area contributed by atoms with Crippen molar-refractivity contribution >= 4 is 46.8 Å². The number of H-pyrrole nitrogens is 2. The van der Waals surface area contributed by atoms with E-state index in [1.165, 1.54) is 0 Å². The fraction of sp³-hybridized carbons (Fsp3) is 0.250. The third-order valence-electron chi connectivity index (χ3n) is 5.97. The summed E-state index contributed by atoms with van der Waals surface area (Å²) >= 11 is 0. The molecule has 1 amide bonds. The lowest BCUT2D eigenvalue weighted by Crippen LogP contribution is -2.46. The number of fused-ring (bicyclic) bond motifs is 1. The van der Waals surface area contributed by atoms with Crippen molar-refractivity contribution in [2.24, 2.45) is 0 Å². The number of nitrogens with zero attached hydrogens (tertiary/aromatic N) is 4. The molecule has 11 heteroatoms. The molecule has 4 N–H and O–H groups in total. The topological polar surface area (TPSA) is 130 Å². The number of anilines is 2. The Morgan fingerprint density at radius 3 is 2.49 bits per heavy atom. The molecule has 2 aromatic carbocycles. The molecule has 0 radical (unpaired) electrons. The molecular formula is C24H26ClN7O3. The molecule has 1 aliphatic heterocycles. The van der Waals surface area contributed by atoms with Crippen LogP contribution in [0, 0.1) is 0 Å². The Kier molecular flexibility index (Phi) is 7.33. The van der Waals surface area contributed by atoms with Gasteiger partial charge in [0.05, 0.1) is 17.5 Å². The van der Waals surface area contributed by atoms with Crippen molar-refractivity contribution in [2.75, 3.05) is 42.9 Å². The number of rotatable bonds is 7. The molecule has 1 fully saturated rings. The Hall–Kier alpha value is -3.89. The third-order valence-corrected chi connectivity index (χ3v) is 5.97. The summed E-state index contributed by atoms with van der Waals surface area (Å²) in [5.41, 5.74) is 4.06. The van der Waals surface area contributed by atoms with Gasteiger partial charge in [0.25, 0.3) is 5.91 Å². The van der Waals surface area contributed by atoms with Crippen LogP contribution in [0.25, 0.3) is 22.6 Å². The number of carboxylic acid groups (broad SMARTS) is 1. The molecule has 0 spiro atoms. The van der Waals surface area contributed by atoms with Crippen molar-refractivity contribution in [2.45, 2.75) is 6.42 Å². The first-order valence-corrected chi connectivity index (χ1v) is 11.2. The fourth-order valence-electron chi connectivity index (χ4n) is 4.08. The van der Waals surface area contributed by atoms with Gasteiger partial charge in [0.15, 0.2) is 11.6 Å². The predicted octanol–water partition coefficient (Wildman–Crippen LogP) is 3.22. The van der Waals surface area contributed by atoms with E-state index >= 15 is 0 Å². The summed E-state index contributed by atoms with van der Waals surface area (Å²) in [7, 11) is 0. The Labute approximate surface area is 207 Å². The molecule has 0 atom stereocenters. The third kappa shape index (κ3) is 5.61. The van der Waals surface area contributed by atoms with Crippen LogP contribution < -0.4 is 10.2 Å². The van der Waals surface area contributed by atoms with Crippen molar-refractivity contribution in [1.82, 2.24) is 25.1 Å². The molecule has 3 heterocycles. The number of halogens is 1. The van der Waals surface area contributed by atoms with Crippen LogP contribution in [0.4, 0.5) is 11.5 Å². The number of benzene rings is 2. The van der Waals surface area contributed by atoms with Crippen LogP contribution in [-0.2, 0) is 4.79 Å². The van der Waals surface area contributed by atoms with Crippen LogP contribution in [-0.4, -0.2) is 74.8 Å². The van der Waals surface area contributed by atoms with Gasteiger partial charge in [-0.25, -0.2) is 4.98 Å². The quantitative estimate of drug-likeness (QED) is 0.309. The average molecular weight is 496 g/mol. The zero-order chi connectivity index (χ0) is 23.5. The normalized spacial score (nSPS) is 14.0. The van der Waals surface area contributed by atoms with E-state index < -0.39 is 5.97 Å². The minimum absolute atomic E-state index is 0. The molecule has 0 saturated carbocycles. The molecule has 0 unspecified atom stereocenters. The van der Waals surface area contributed by atoms with E-state index in [0.717, 1.165) is 42.9 Å². The number of carbonyl (C=O) groups excluding carboxylic acids is 1. The number of nitrogens with one attached hydrogen (secondary N) is 3. The van der Waals surface area contributed by atoms with Gasteiger partial charge in [0.2, 0.25) is 0 Å². The Morgan fingerprint density at radius 2 is 1.77 bits per heavy atom. The summed E-state index contributed by atoms with van der Waals surface area (Å²) in [6.07, 6.45) is 0.166. The first kappa shape index (κ1) is 24.2. The lowest BCUT2D eigenvalue weighted by atomic mass is 10.1. The second-order valence-electron chi connectivity index (χ2n) is 8.24. The second kappa shape index (κ2) is 10.6. The van der Waals surface area contributed by atoms with Gasteiger partial charge in [0.1, 0.15) is 5.69 Å². The number of aromatic nitrogens is 4. The molecule has 1 aliphatic rings. The molecule has 0 bridgehead atoms. The number of hydrogen-bond donors (Lipinski definition) is 4. The lowest BCUT2D eigenvalue weighted by molar-refractivity contribution is -0.137. The van der Waals surface area contributed by atoms with Gasteiger partial charge in [-0.05, 0) is 36.4 Å².